The number of hydrogen-bond acceptors (Lipinski definition) is 6. The van der Waals surface area contributed by atoms with Gasteiger partial charge < -0.3 is 30.6 Å². The van der Waals surface area contributed by atoms with Gasteiger partial charge in [0.25, 0.3) is 0 Å². The van der Waals surface area contributed by atoms with Crippen LogP contribution < -0.4 is 0 Å². The van der Waals surface area contributed by atoms with E-state index < -0.39 is 51.9 Å². The second-order valence-corrected chi connectivity index (χ2v) is 10.7. The van der Waals surface area contributed by atoms with Gasteiger partial charge in [-0.05, 0) is 51.9 Å². The standard InChI is InChI=1S/C20H34O6/c1-16(2)13(21)7-12-18(4,25)11-6-5-10-15(23)19(11,9-17(10,3)24)8-14(22)20(12,16)26/h10-15,21-26H,5-9H2,1-4H3/t10-,11+,12+,13+,14-,15-,17+,18-,19+,20+/m0/s1. The highest BCUT2D eigenvalue weighted by Crippen LogP contribution is 2.69. The molecule has 6 N–H and O–H groups in total. The summed E-state index contributed by atoms with van der Waals surface area (Å²) in [6, 6.07) is 0. The van der Waals surface area contributed by atoms with Gasteiger partial charge in [-0.3, -0.25) is 0 Å². The number of aliphatic hydroxyl groups excluding tert-OH is 3. The molecule has 0 aliphatic heterocycles. The number of rotatable bonds is 0. The third kappa shape index (κ3) is 1.89. The molecular formula is C20H34O6. The zero-order valence-electron chi connectivity index (χ0n) is 16.2. The summed E-state index contributed by atoms with van der Waals surface area (Å²) in [7, 11) is 0. The first-order chi connectivity index (χ1) is 11.7. The molecule has 0 heterocycles. The van der Waals surface area contributed by atoms with Crippen molar-refractivity contribution in [1.82, 2.24) is 0 Å². The Bertz CT molecular complexity index is 615. The molecule has 4 aliphatic rings. The summed E-state index contributed by atoms with van der Waals surface area (Å²) < 4.78 is 0. The van der Waals surface area contributed by atoms with E-state index >= 15 is 0 Å². The molecule has 2 bridgehead atoms. The van der Waals surface area contributed by atoms with Crippen LogP contribution in [0.25, 0.3) is 0 Å². The molecule has 1 spiro atoms. The van der Waals surface area contributed by atoms with Crippen molar-refractivity contribution in [3.8, 4) is 0 Å². The molecule has 0 amide bonds. The maximum Gasteiger partial charge on any atom is 0.104 e. The lowest BCUT2D eigenvalue weighted by Crippen LogP contribution is -2.60. The maximum atomic E-state index is 11.7. The van der Waals surface area contributed by atoms with Crippen LogP contribution in [0, 0.1) is 28.6 Å². The van der Waals surface area contributed by atoms with E-state index in [4.69, 9.17) is 0 Å². The van der Waals surface area contributed by atoms with Crippen LogP contribution in [-0.2, 0) is 0 Å². The molecule has 0 aromatic rings. The second-order valence-electron chi connectivity index (χ2n) is 10.7. The molecule has 4 aliphatic carbocycles. The van der Waals surface area contributed by atoms with E-state index in [2.05, 4.69) is 0 Å². The van der Waals surface area contributed by atoms with Crippen molar-refractivity contribution in [2.75, 3.05) is 0 Å². The Morgan fingerprint density at radius 1 is 0.808 bits per heavy atom. The van der Waals surface area contributed by atoms with Gasteiger partial charge in [0.2, 0.25) is 0 Å². The van der Waals surface area contributed by atoms with Crippen molar-refractivity contribution in [3.63, 3.8) is 0 Å². The van der Waals surface area contributed by atoms with Gasteiger partial charge in [0.1, 0.15) is 5.60 Å². The summed E-state index contributed by atoms with van der Waals surface area (Å²) in [5, 5.41) is 67.1. The highest BCUT2D eigenvalue weighted by molar-refractivity contribution is 5.25. The van der Waals surface area contributed by atoms with Crippen molar-refractivity contribution >= 4 is 0 Å². The van der Waals surface area contributed by atoms with Crippen LogP contribution in [0.15, 0.2) is 0 Å². The minimum absolute atomic E-state index is 0.116. The van der Waals surface area contributed by atoms with Crippen LogP contribution in [0.4, 0.5) is 0 Å². The van der Waals surface area contributed by atoms with Crippen LogP contribution >= 0.6 is 0 Å². The fourth-order valence-electron chi connectivity index (χ4n) is 7.80. The Labute approximate surface area is 154 Å². The van der Waals surface area contributed by atoms with Crippen molar-refractivity contribution in [1.29, 1.82) is 0 Å². The average Bonchev–Trinajstić information content (AvgIpc) is 2.72. The van der Waals surface area contributed by atoms with Crippen molar-refractivity contribution in [2.24, 2.45) is 28.6 Å². The zero-order chi connectivity index (χ0) is 19.5. The molecule has 26 heavy (non-hydrogen) atoms. The van der Waals surface area contributed by atoms with Gasteiger partial charge in [-0.15, -0.1) is 0 Å². The quantitative estimate of drug-likeness (QED) is 0.361. The first-order valence-electron chi connectivity index (χ1n) is 9.94. The summed E-state index contributed by atoms with van der Waals surface area (Å²) in [5.41, 5.74) is -5.91. The van der Waals surface area contributed by atoms with E-state index in [0.29, 0.717) is 19.3 Å². The van der Waals surface area contributed by atoms with E-state index in [1.807, 2.05) is 0 Å². The van der Waals surface area contributed by atoms with Gasteiger partial charge >= 0.3 is 0 Å². The van der Waals surface area contributed by atoms with Crippen LogP contribution in [0.5, 0.6) is 0 Å². The first-order valence-corrected chi connectivity index (χ1v) is 9.94. The van der Waals surface area contributed by atoms with Crippen molar-refractivity contribution in [3.05, 3.63) is 0 Å². The lowest BCUT2D eigenvalue weighted by molar-refractivity contribution is -0.201. The number of fused-ring (bicyclic) bond motifs is 2. The topological polar surface area (TPSA) is 121 Å². The van der Waals surface area contributed by atoms with Gasteiger partial charge in [0, 0.05) is 22.7 Å². The molecule has 0 saturated heterocycles. The largest absolute Gasteiger partial charge is 0.392 e. The zero-order valence-corrected chi connectivity index (χ0v) is 16.2. The fraction of sp³-hybridized carbons (Fsp3) is 1.00. The summed E-state index contributed by atoms with van der Waals surface area (Å²) in [5.74, 6) is -1.34. The normalized spacial score (nSPS) is 63.9. The summed E-state index contributed by atoms with van der Waals surface area (Å²) in [6.45, 7) is 6.87. The molecule has 6 heteroatoms. The minimum atomic E-state index is -1.66. The third-order valence-corrected chi connectivity index (χ3v) is 9.26. The van der Waals surface area contributed by atoms with E-state index in [0.717, 1.165) is 0 Å². The summed E-state index contributed by atoms with van der Waals surface area (Å²) in [6.07, 6.45) is -1.01. The summed E-state index contributed by atoms with van der Waals surface area (Å²) >= 11 is 0. The minimum Gasteiger partial charge on any atom is -0.392 e. The Balaban J connectivity index is 1.89. The highest BCUT2D eigenvalue weighted by atomic mass is 16.4. The Morgan fingerprint density at radius 2 is 1.42 bits per heavy atom. The smallest absolute Gasteiger partial charge is 0.104 e. The molecular weight excluding hydrogens is 336 g/mol. The van der Waals surface area contributed by atoms with Gasteiger partial charge in [-0.1, -0.05) is 13.8 Å². The van der Waals surface area contributed by atoms with Gasteiger partial charge in [-0.2, -0.15) is 0 Å². The van der Waals surface area contributed by atoms with Crippen molar-refractivity contribution in [2.45, 2.75) is 94.9 Å². The molecule has 150 valence electrons. The van der Waals surface area contributed by atoms with Crippen LogP contribution in [0.3, 0.4) is 0 Å². The van der Waals surface area contributed by atoms with E-state index in [1.54, 1.807) is 27.7 Å². The molecule has 0 aromatic carbocycles. The first kappa shape index (κ1) is 19.1. The SMILES string of the molecule is CC1(C)[C@H](O)C[C@@H]2[C@@](C)(O)[C@H]3CC[C@H]4[C@H](O)[C@]3(C[C@H](O)[C@]21O)C[C@@]4(C)O. The predicted octanol–water partition coefficient (Wildman–Crippen LogP) is 0.168. The fourth-order valence-corrected chi connectivity index (χ4v) is 7.80. The molecule has 4 rings (SSSR count). The number of hydrogen-bond donors (Lipinski definition) is 6. The Hall–Kier alpha value is -0.240. The lowest BCUT2D eigenvalue weighted by Gasteiger charge is -2.51. The average molecular weight is 370 g/mol. The highest BCUT2D eigenvalue weighted by Gasteiger charge is 2.76. The van der Waals surface area contributed by atoms with Crippen molar-refractivity contribution < 1.29 is 30.6 Å². The Kier molecular flexibility index (Phi) is 3.69. The van der Waals surface area contributed by atoms with Crippen LogP contribution in [0.1, 0.15) is 59.8 Å². The molecule has 6 nitrogen and oxygen atoms in total. The van der Waals surface area contributed by atoms with Crippen LogP contribution in [0.2, 0.25) is 0 Å². The van der Waals surface area contributed by atoms with E-state index in [9.17, 15) is 30.6 Å². The second kappa shape index (κ2) is 5.02. The van der Waals surface area contributed by atoms with Gasteiger partial charge in [0.05, 0.1) is 29.5 Å². The number of aliphatic hydroxyl groups is 6. The van der Waals surface area contributed by atoms with E-state index in [-0.39, 0.29) is 24.7 Å². The molecule has 4 fully saturated rings. The monoisotopic (exact) mass is 370 g/mol. The molecule has 0 radical (unpaired) electrons. The molecule has 0 aromatic heterocycles. The van der Waals surface area contributed by atoms with Gasteiger partial charge in [-0.25, -0.2) is 0 Å². The lowest BCUT2D eigenvalue weighted by atomic mass is 9.57. The third-order valence-electron chi connectivity index (χ3n) is 9.26. The summed E-state index contributed by atoms with van der Waals surface area (Å²) in [4.78, 5) is 0. The molecule has 10 atom stereocenters. The van der Waals surface area contributed by atoms with Gasteiger partial charge in [0.15, 0.2) is 0 Å². The van der Waals surface area contributed by atoms with Crippen LogP contribution in [-0.4, -0.2) is 65.8 Å². The molecule has 0 unspecified atom stereocenters. The maximum absolute atomic E-state index is 11.7. The molecule has 4 saturated carbocycles. The van der Waals surface area contributed by atoms with E-state index in [1.165, 1.54) is 0 Å². The predicted molar refractivity (Wildman–Crippen MR) is 94.0 cm³/mol. The Morgan fingerprint density at radius 3 is 2.04 bits per heavy atom.